The third-order valence-corrected chi connectivity index (χ3v) is 3.18. The predicted octanol–water partition coefficient (Wildman–Crippen LogP) is 3.88. The van der Waals surface area contributed by atoms with Crippen LogP contribution in [-0.2, 0) is 13.0 Å². The van der Waals surface area contributed by atoms with E-state index in [0.717, 1.165) is 24.2 Å². The van der Waals surface area contributed by atoms with Crippen molar-refractivity contribution in [1.29, 1.82) is 0 Å². The van der Waals surface area contributed by atoms with Gasteiger partial charge in [-0.25, -0.2) is 0 Å². The molecule has 0 unspecified atom stereocenters. The second-order valence-electron chi connectivity index (χ2n) is 4.48. The number of benzene rings is 2. The molecule has 0 saturated heterocycles. The van der Waals surface area contributed by atoms with Crippen LogP contribution in [-0.4, -0.2) is 5.11 Å². The standard InChI is InChI=1S/C16H19NO/c1-3-13-6-4-5-7-14(13)11-17-16-9-8-15(18)10-12(16)2/h4-10,17-18H,3,11H2,1-2H3. The van der Waals surface area contributed by atoms with Crippen LogP contribution in [0.2, 0.25) is 0 Å². The second-order valence-corrected chi connectivity index (χ2v) is 4.48. The van der Waals surface area contributed by atoms with Crippen molar-refractivity contribution in [3.8, 4) is 5.75 Å². The summed E-state index contributed by atoms with van der Waals surface area (Å²) in [4.78, 5) is 0. The van der Waals surface area contributed by atoms with Crippen molar-refractivity contribution >= 4 is 5.69 Å². The highest BCUT2D eigenvalue weighted by Gasteiger charge is 2.02. The largest absolute Gasteiger partial charge is 0.508 e. The van der Waals surface area contributed by atoms with Gasteiger partial charge in [0.1, 0.15) is 5.75 Å². The maximum absolute atomic E-state index is 9.38. The number of phenols is 1. The highest BCUT2D eigenvalue weighted by molar-refractivity contribution is 5.53. The second kappa shape index (κ2) is 5.58. The maximum atomic E-state index is 9.38. The molecule has 0 aromatic heterocycles. The van der Waals surface area contributed by atoms with Crippen molar-refractivity contribution in [3.05, 3.63) is 59.2 Å². The molecule has 0 amide bonds. The Hall–Kier alpha value is -1.96. The number of hydrogen-bond acceptors (Lipinski definition) is 2. The third kappa shape index (κ3) is 2.83. The Morgan fingerprint density at radius 1 is 1.06 bits per heavy atom. The van der Waals surface area contributed by atoms with Gasteiger partial charge in [-0.05, 0) is 48.2 Å². The molecular weight excluding hydrogens is 222 g/mol. The molecule has 0 fully saturated rings. The molecule has 2 heteroatoms. The minimum Gasteiger partial charge on any atom is -0.508 e. The first-order valence-electron chi connectivity index (χ1n) is 6.31. The molecule has 2 rings (SSSR count). The van der Waals surface area contributed by atoms with Gasteiger partial charge in [-0.3, -0.25) is 0 Å². The summed E-state index contributed by atoms with van der Waals surface area (Å²) in [6, 6.07) is 13.9. The van der Waals surface area contributed by atoms with E-state index in [1.807, 2.05) is 13.0 Å². The van der Waals surface area contributed by atoms with E-state index in [1.165, 1.54) is 11.1 Å². The molecule has 2 N–H and O–H groups in total. The lowest BCUT2D eigenvalue weighted by Gasteiger charge is -2.12. The van der Waals surface area contributed by atoms with E-state index in [4.69, 9.17) is 0 Å². The fourth-order valence-electron chi connectivity index (χ4n) is 2.11. The van der Waals surface area contributed by atoms with Crippen molar-refractivity contribution < 1.29 is 5.11 Å². The van der Waals surface area contributed by atoms with Crippen LogP contribution in [0.4, 0.5) is 5.69 Å². The first-order chi connectivity index (χ1) is 8.70. The van der Waals surface area contributed by atoms with Gasteiger partial charge in [0.25, 0.3) is 0 Å². The molecule has 0 heterocycles. The summed E-state index contributed by atoms with van der Waals surface area (Å²) in [6.45, 7) is 4.98. The first-order valence-corrected chi connectivity index (χ1v) is 6.31. The lowest BCUT2D eigenvalue weighted by Crippen LogP contribution is -2.03. The summed E-state index contributed by atoms with van der Waals surface area (Å²) in [5, 5.41) is 12.8. The van der Waals surface area contributed by atoms with Gasteiger partial charge in [0.15, 0.2) is 0 Å². The summed E-state index contributed by atoms with van der Waals surface area (Å²) >= 11 is 0. The van der Waals surface area contributed by atoms with Gasteiger partial charge in [0.2, 0.25) is 0 Å². The minimum absolute atomic E-state index is 0.312. The van der Waals surface area contributed by atoms with Crippen molar-refractivity contribution in [1.82, 2.24) is 0 Å². The van der Waals surface area contributed by atoms with Crippen molar-refractivity contribution in [2.45, 2.75) is 26.8 Å². The third-order valence-electron chi connectivity index (χ3n) is 3.18. The van der Waals surface area contributed by atoms with E-state index in [1.54, 1.807) is 12.1 Å². The smallest absolute Gasteiger partial charge is 0.115 e. The number of aryl methyl sites for hydroxylation is 2. The Kier molecular flexibility index (Phi) is 3.88. The van der Waals surface area contributed by atoms with Gasteiger partial charge >= 0.3 is 0 Å². The van der Waals surface area contributed by atoms with Crippen molar-refractivity contribution in [2.75, 3.05) is 5.32 Å². The normalized spacial score (nSPS) is 10.3. The predicted molar refractivity (Wildman–Crippen MR) is 76.0 cm³/mol. The Bertz CT molecular complexity index is 534. The van der Waals surface area contributed by atoms with E-state index >= 15 is 0 Å². The van der Waals surface area contributed by atoms with Gasteiger partial charge in [0.05, 0.1) is 0 Å². The lowest BCUT2D eigenvalue weighted by molar-refractivity contribution is 0.475. The number of nitrogens with one attached hydrogen (secondary N) is 1. The Labute approximate surface area is 108 Å². The molecule has 0 aliphatic heterocycles. The van der Waals surface area contributed by atoms with Crippen LogP contribution in [0.15, 0.2) is 42.5 Å². The average molecular weight is 241 g/mol. The number of rotatable bonds is 4. The van der Waals surface area contributed by atoms with E-state index in [0.29, 0.717) is 5.75 Å². The lowest BCUT2D eigenvalue weighted by atomic mass is 10.1. The Morgan fingerprint density at radius 2 is 1.78 bits per heavy atom. The highest BCUT2D eigenvalue weighted by Crippen LogP contribution is 2.21. The fourth-order valence-corrected chi connectivity index (χ4v) is 2.11. The highest BCUT2D eigenvalue weighted by atomic mass is 16.3. The average Bonchev–Trinajstić information content (AvgIpc) is 2.38. The van der Waals surface area contributed by atoms with Crippen LogP contribution < -0.4 is 5.32 Å². The van der Waals surface area contributed by atoms with Gasteiger partial charge in [0, 0.05) is 12.2 Å². The summed E-state index contributed by atoms with van der Waals surface area (Å²) < 4.78 is 0. The Morgan fingerprint density at radius 3 is 2.44 bits per heavy atom. The number of aromatic hydroxyl groups is 1. The van der Waals surface area contributed by atoms with Crippen LogP contribution in [0.1, 0.15) is 23.6 Å². The first kappa shape index (κ1) is 12.5. The molecule has 0 saturated carbocycles. The van der Waals surface area contributed by atoms with E-state index in [-0.39, 0.29) is 0 Å². The van der Waals surface area contributed by atoms with Gasteiger partial charge in [-0.2, -0.15) is 0 Å². The quantitative estimate of drug-likeness (QED) is 0.796. The Balaban J connectivity index is 2.11. The topological polar surface area (TPSA) is 32.3 Å². The number of phenolic OH excluding ortho intramolecular Hbond substituents is 1. The monoisotopic (exact) mass is 241 g/mol. The molecule has 2 nitrogen and oxygen atoms in total. The minimum atomic E-state index is 0.312. The summed E-state index contributed by atoms with van der Waals surface area (Å²) in [7, 11) is 0. The molecule has 2 aromatic rings. The molecule has 94 valence electrons. The van der Waals surface area contributed by atoms with E-state index in [2.05, 4.69) is 36.5 Å². The zero-order chi connectivity index (χ0) is 13.0. The molecule has 2 aromatic carbocycles. The number of anilines is 1. The molecule has 0 spiro atoms. The molecule has 0 atom stereocenters. The zero-order valence-corrected chi connectivity index (χ0v) is 10.9. The summed E-state index contributed by atoms with van der Waals surface area (Å²) in [5.41, 5.74) is 4.83. The summed E-state index contributed by atoms with van der Waals surface area (Å²) in [6.07, 6.45) is 1.05. The van der Waals surface area contributed by atoms with Gasteiger partial charge in [-0.15, -0.1) is 0 Å². The van der Waals surface area contributed by atoms with Crippen LogP contribution in [0.25, 0.3) is 0 Å². The molecule has 0 aliphatic carbocycles. The molecular formula is C16H19NO. The number of hydrogen-bond donors (Lipinski definition) is 2. The van der Waals surface area contributed by atoms with E-state index in [9.17, 15) is 5.11 Å². The zero-order valence-electron chi connectivity index (χ0n) is 10.9. The van der Waals surface area contributed by atoms with Crippen LogP contribution in [0.5, 0.6) is 5.75 Å². The molecule has 0 aliphatic rings. The molecule has 0 bridgehead atoms. The van der Waals surface area contributed by atoms with Crippen LogP contribution in [0.3, 0.4) is 0 Å². The SMILES string of the molecule is CCc1ccccc1CNc1ccc(O)cc1C. The van der Waals surface area contributed by atoms with Crippen molar-refractivity contribution in [2.24, 2.45) is 0 Å². The van der Waals surface area contributed by atoms with Crippen LogP contribution in [0, 0.1) is 6.92 Å². The fraction of sp³-hybridized carbons (Fsp3) is 0.250. The van der Waals surface area contributed by atoms with Gasteiger partial charge in [-0.1, -0.05) is 31.2 Å². The maximum Gasteiger partial charge on any atom is 0.115 e. The van der Waals surface area contributed by atoms with Gasteiger partial charge < -0.3 is 10.4 Å². The summed E-state index contributed by atoms with van der Waals surface area (Å²) in [5.74, 6) is 0.312. The van der Waals surface area contributed by atoms with Crippen LogP contribution >= 0.6 is 0 Å². The van der Waals surface area contributed by atoms with Crippen molar-refractivity contribution in [3.63, 3.8) is 0 Å². The molecule has 18 heavy (non-hydrogen) atoms. The van der Waals surface area contributed by atoms with E-state index < -0.39 is 0 Å². The molecule has 0 radical (unpaired) electrons.